The number of carbonyl (C=O) groups excluding carboxylic acids is 3. The lowest BCUT2D eigenvalue weighted by molar-refractivity contribution is -0.166. The second kappa shape index (κ2) is 58.6. The molecule has 0 unspecified atom stereocenters. The van der Waals surface area contributed by atoms with Crippen LogP contribution in [0.3, 0.4) is 0 Å². The lowest BCUT2D eigenvalue weighted by Crippen LogP contribution is -2.30. The van der Waals surface area contributed by atoms with Gasteiger partial charge in [-0.3, -0.25) is 14.4 Å². The maximum absolute atomic E-state index is 12.9. The largest absolute Gasteiger partial charge is 0.462 e. The molecule has 1 atom stereocenters. The summed E-state index contributed by atoms with van der Waals surface area (Å²) in [4.78, 5) is 38.2. The number of allylic oxidation sites excluding steroid dienone is 18. The molecular weight excluding hydrogens is 877 g/mol. The molecule has 71 heavy (non-hydrogen) atoms. The Balaban J connectivity index is 4.53. The zero-order valence-corrected chi connectivity index (χ0v) is 46.2. The minimum atomic E-state index is -0.819. The van der Waals surface area contributed by atoms with Crippen molar-refractivity contribution < 1.29 is 28.6 Å². The summed E-state index contributed by atoms with van der Waals surface area (Å²) in [6.07, 6.45) is 79.5. The van der Waals surface area contributed by atoms with Gasteiger partial charge in [-0.2, -0.15) is 0 Å². The van der Waals surface area contributed by atoms with Crippen molar-refractivity contribution >= 4 is 17.9 Å². The summed E-state index contributed by atoms with van der Waals surface area (Å²) >= 11 is 0. The average molecular weight is 986 g/mol. The third-order valence-electron chi connectivity index (χ3n) is 12.3. The van der Waals surface area contributed by atoms with E-state index < -0.39 is 6.10 Å². The molecule has 0 aliphatic heterocycles. The first-order valence-electron chi connectivity index (χ1n) is 29.4. The normalized spacial score (nSPS) is 12.9. The zero-order chi connectivity index (χ0) is 51.4. The predicted octanol–water partition coefficient (Wildman–Crippen LogP) is 19.9. The molecule has 0 radical (unpaired) electrons. The summed E-state index contributed by atoms with van der Waals surface area (Å²) in [5.41, 5.74) is 0. The maximum atomic E-state index is 12.9. The zero-order valence-electron chi connectivity index (χ0n) is 46.2. The number of esters is 3. The van der Waals surface area contributed by atoms with Crippen molar-refractivity contribution in [3.63, 3.8) is 0 Å². The van der Waals surface area contributed by atoms with E-state index in [1.54, 1.807) is 0 Å². The first-order chi connectivity index (χ1) is 35.0. The Bertz CT molecular complexity index is 1460. The highest BCUT2D eigenvalue weighted by atomic mass is 16.6. The van der Waals surface area contributed by atoms with E-state index in [0.29, 0.717) is 19.3 Å². The van der Waals surface area contributed by atoms with Gasteiger partial charge in [0.1, 0.15) is 13.2 Å². The fraction of sp³-hybridized carbons (Fsp3) is 0.677. The van der Waals surface area contributed by atoms with Gasteiger partial charge < -0.3 is 14.2 Å². The highest BCUT2D eigenvalue weighted by molar-refractivity contribution is 5.71. The van der Waals surface area contributed by atoms with E-state index in [2.05, 4.69) is 124 Å². The summed E-state index contributed by atoms with van der Waals surface area (Å²) in [5, 5.41) is 0. The van der Waals surface area contributed by atoms with Gasteiger partial charge >= 0.3 is 17.9 Å². The van der Waals surface area contributed by atoms with Crippen LogP contribution in [-0.2, 0) is 28.6 Å². The van der Waals surface area contributed by atoms with Crippen molar-refractivity contribution in [3.8, 4) is 0 Å². The summed E-state index contributed by atoms with van der Waals surface area (Å²) in [6.45, 7) is 6.43. The van der Waals surface area contributed by atoms with Crippen molar-refractivity contribution in [1.82, 2.24) is 0 Å². The van der Waals surface area contributed by atoms with Gasteiger partial charge in [0.05, 0.1) is 0 Å². The van der Waals surface area contributed by atoms with Crippen LogP contribution in [0.15, 0.2) is 109 Å². The molecule has 0 aromatic heterocycles. The lowest BCUT2D eigenvalue weighted by Gasteiger charge is -2.18. The number of carbonyl (C=O) groups is 3. The van der Waals surface area contributed by atoms with E-state index in [4.69, 9.17) is 14.2 Å². The van der Waals surface area contributed by atoms with Gasteiger partial charge in [0.2, 0.25) is 0 Å². The molecule has 0 aliphatic rings. The monoisotopic (exact) mass is 985 g/mol. The van der Waals surface area contributed by atoms with E-state index >= 15 is 0 Å². The molecule has 0 saturated carbocycles. The summed E-state index contributed by atoms with van der Waals surface area (Å²) in [6, 6.07) is 0. The molecule has 0 fully saturated rings. The van der Waals surface area contributed by atoms with Crippen molar-refractivity contribution in [2.75, 3.05) is 13.2 Å². The Hall–Kier alpha value is -3.93. The Morgan fingerprint density at radius 2 is 0.577 bits per heavy atom. The maximum Gasteiger partial charge on any atom is 0.306 e. The Morgan fingerprint density at radius 3 is 0.972 bits per heavy atom. The quantitative estimate of drug-likeness (QED) is 0.0261. The third kappa shape index (κ3) is 56.9. The van der Waals surface area contributed by atoms with E-state index in [1.165, 1.54) is 116 Å². The van der Waals surface area contributed by atoms with Crippen LogP contribution in [0.5, 0.6) is 0 Å². The SMILES string of the molecule is CC/C=C\C/C=C\C/C=C\C/C=C\CCCCCCC(=O)OC[C@H](COC(=O)CC/C=C\C/C=C\C/C=C\C/C=C\C/C=C\CCCCC)OC(=O)CCCCCCCCCCCCCCCCCCC. The highest BCUT2D eigenvalue weighted by Gasteiger charge is 2.19. The van der Waals surface area contributed by atoms with Crippen molar-refractivity contribution in [1.29, 1.82) is 0 Å². The van der Waals surface area contributed by atoms with Gasteiger partial charge in [0.15, 0.2) is 6.10 Å². The number of unbranched alkanes of at least 4 members (excludes halogenated alkanes) is 23. The van der Waals surface area contributed by atoms with Gasteiger partial charge in [-0.05, 0) is 96.3 Å². The number of rotatable bonds is 52. The minimum absolute atomic E-state index is 0.113. The molecule has 0 amide bonds. The standard InChI is InChI=1S/C65H108O6/c1-4-7-10-13-16-19-22-25-28-31-32-35-37-40-43-46-49-52-55-58-64(67)70-61-62(71-65(68)59-56-53-50-47-44-41-38-34-30-27-24-21-18-15-12-9-6-3)60-69-63(66)57-54-51-48-45-42-39-36-33-29-26-23-20-17-14-11-8-5-2/h8,11,16-17,19-20,25-26,28-29,32,35-36,39-40,43,49,52,62H,4-7,9-10,12-15,18,21-24,27,30-31,33-34,37-38,41-42,44-48,50-51,53-61H2,1-3H3/b11-8-,19-16-,20-17-,28-25-,29-26-,35-32-,39-36-,43-40-,52-49-/t62-/m1/s1. The lowest BCUT2D eigenvalue weighted by atomic mass is 10.0. The van der Waals surface area contributed by atoms with E-state index in [9.17, 15) is 14.4 Å². The number of hydrogen-bond acceptors (Lipinski definition) is 6. The van der Waals surface area contributed by atoms with Crippen LogP contribution in [0.4, 0.5) is 0 Å². The number of hydrogen-bond donors (Lipinski definition) is 0. The molecule has 0 spiro atoms. The first kappa shape index (κ1) is 67.1. The Kier molecular flexibility index (Phi) is 55.4. The van der Waals surface area contributed by atoms with Gasteiger partial charge in [0, 0.05) is 19.3 Å². The Labute approximate surface area is 438 Å². The molecule has 0 N–H and O–H groups in total. The molecule has 0 aromatic carbocycles. The number of ether oxygens (including phenoxy) is 3. The third-order valence-corrected chi connectivity index (χ3v) is 12.3. The molecule has 6 nitrogen and oxygen atoms in total. The summed E-state index contributed by atoms with van der Waals surface area (Å²) in [5.74, 6) is -1.02. The molecule has 0 aliphatic carbocycles. The van der Waals surface area contributed by atoms with Crippen LogP contribution in [0.1, 0.15) is 265 Å². The molecule has 0 heterocycles. The highest BCUT2D eigenvalue weighted by Crippen LogP contribution is 2.15. The molecule has 0 rings (SSSR count). The predicted molar refractivity (Wildman–Crippen MR) is 307 cm³/mol. The minimum Gasteiger partial charge on any atom is -0.462 e. The van der Waals surface area contributed by atoms with E-state index in [-0.39, 0.29) is 37.5 Å². The smallest absolute Gasteiger partial charge is 0.306 e. The van der Waals surface area contributed by atoms with Crippen LogP contribution >= 0.6 is 0 Å². The second-order valence-corrected chi connectivity index (χ2v) is 19.2. The molecule has 404 valence electrons. The molecule has 0 bridgehead atoms. The van der Waals surface area contributed by atoms with Crippen LogP contribution in [0, 0.1) is 0 Å². The van der Waals surface area contributed by atoms with Gasteiger partial charge in [-0.25, -0.2) is 0 Å². The topological polar surface area (TPSA) is 78.9 Å². The van der Waals surface area contributed by atoms with Crippen molar-refractivity contribution in [2.45, 2.75) is 271 Å². The van der Waals surface area contributed by atoms with Crippen LogP contribution < -0.4 is 0 Å². The van der Waals surface area contributed by atoms with E-state index in [0.717, 1.165) is 103 Å². The van der Waals surface area contributed by atoms with Crippen molar-refractivity contribution in [2.24, 2.45) is 0 Å². The molecule has 0 aromatic rings. The fourth-order valence-corrected chi connectivity index (χ4v) is 7.89. The van der Waals surface area contributed by atoms with Crippen LogP contribution in [-0.4, -0.2) is 37.2 Å². The van der Waals surface area contributed by atoms with Gasteiger partial charge in [-0.1, -0.05) is 259 Å². The molecule has 0 saturated heterocycles. The summed E-state index contributed by atoms with van der Waals surface area (Å²) in [7, 11) is 0. The van der Waals surface area contributed by atoms with Crippen LogP contribution in [0.2, 0.25) is 0 Å². The van der Waals surface area contributed by atoms with Gasteiger partial charge in [0.25, 0.3) is 0 Å². The average Bonchev–Trinajstić information content (AvgIpc) is 3.37. The van der Waals surface area contributed by atoms with Gasteiger partial charge in [-0.15, -0.1) is 0 Å². The fourth-order valence-electron chi connectivity index (χ4n) is 7.89. The second-order valence-electron chi connectivity index (χ2n) is 19.2. The summed E-state index contributed by atoms with van der Waals surface area (Å²) < 4.78 is 16.8. The Morgan fingerprint density at radius 1 is 0.296 bits per heavy atom. The van der Waals surface area contributed by atoms with E-state index in [1.807, 2.05) is 6.08 Å². The first-order valence-corrected chi connectivity index (χ1v) is 29.4. The van der Waals surface area contributed by atoms with Crippen molar-refractivity contribution in [3.05, 3.63) is 109 Å². The van der Waals surface area contributed by atoms with Crippen LogP contribution in [0.25, 0.3) is 0 Å². The molecular formula is C65H108O6. The molecule has 6 heteroatoms.